The molecule has 0 atom stereocenters. The molecule has 0 aromatic heterocycles. The van der Waals surface area contributed by atoms with Crippen LogP contribution in [0.4, 0.5) is 11.4 Å². The van der Waals surface area contributed by atoms with Crippen LogP contribution in [0.25, 0.3) is 0 Å². The van der Waals surface area contributed by atoms with Crippen LogP contribution in [-0.2, 0) is 4.74 Å². The second-order valence-corrected chi connectivity index (χ2v) is 3.74. The summed E-state index contributed by atoms with van der Waals surface area (Å²) < 4.78 is 5.07. The molecule has 0 unspecified atom stereocenters. The van der Waals surface area contributed by atoms with Crippen molar-refractivity contribution < 1.29 is 4.74 Å². The van der Waals surface area contributed by atoms with Gasteiger partial charge in [-0.3, -0.25) is 0 Å². The molecule has 15 heavy (non-hydrogen) atoms. The molecule has 1 aromatic rings. The van der Waals surface area contributed by atoms with E-state index in [1.165, 1.54) is 0 Å². The van der Waals surface area contributed by atoms with Gasteiger partial charge in [0.25, 0.3) is 0 Å². The van der Waals surface area contributed by atoms with Crippen molar-refractivity contribution in [2.24, 2.45) is 0 Å². The molecule has 82 valence electrons. The van der Waals surface area contributed by atoms with Gasteiger partial charge in [-0.2, -0.15) is 0 Å². The molecular weight excluding hydrogens is 190 g/mol. The molecule has 1 saturated heterocycles. The van der Waals surface area contributed by atoms with Gasteiger partial charge in [0.05, 0.1) is 19.3 Å². The van der Waals surface area contributed by atoms with Gasteiger partial charge in [-0.25, -0.2) is 0 Å². The third-order valence-electron chi connectivity index (χ3n) is 2.44. The Morgan fingerprint density at radius 3 is 2.53 bits per heavy atom. The van der Waals surface area contributed by atoms with Gasteiger partial charge in [-0.15, -0.1) is 0 Å². The minimum absolute atomic E-state index is 0.554. The van der Waals surface area contributed by atoms with Gasteiger partial charge in [0, 0.05) is 24.5 Å². The predicted octanol–water partition coefficient (Wildman–Crippen LogP) is 0.669. The first kappa shape index (κ1) is 10.3. The van der Waals surface area contributed by atoms with E-state index in [1.807, 2.05) is 24.3 Å². The Hall–Kier alpha value is -1.26. The van der Waals surface area contributed by atoms with Crippen LogP contribution < -0.4 is 16.4 Å². The van der Waals surface area contributed by atoms with Crippen LogP contribution in [0.15, 0.2) is 24.3 Å². The lowest BCUT2D eigenvalue weighted by Crippen LogP contribution is -2.47. The molecule has 0 spiro atoms. The molecule has 0 amide bonds. The van der Waals surface area contributed by atoms with E-state index in [9.17, 15) is 0 Å². The summed E-state index contributed by atoms with van der Waals surface area (Å²) in [5.41, 5.74) is 7.50. The zero-order valence-corrected chi connectivity index (χ0v) is 8.70. The van der Waals surface area contributed by atoms with Crippen molar-refractivity contribution in [3.8, 4) is 0 Å². The summed E-state index contributed by atoms with van der Waals surface area (Å²) in [5, 5.41) is 6.71. The van der Waals surface area contributed by atoms with Crippen molar-refractivity contribution in [3.63, 3.8) is 0 Å². The number of rotatable bonds is 5. The van der Waals surface area contributed by atoms with Crippen molar-refractivity contribution in [1.29, 1.82) is 0 Å². The number of nitrogens with one attached hydrogen (secondary N) is 2. The molecular formula is C11H17N3O. The fraction of sp³-hybridized carbons (Fsp3) is 0.455. The molecule has 0 bridgehead atoms. The molecule has 0 saturated carbocycles. The third kappa shape index (κ3) is 3.11. The Balaban J connectivity index is 1.62. The van der Waals surface area contributed by atoms with Crippen LogP contribution >= 0.6 is 0 Å². The fourth-order valence-electron chi connectivity index (χ4n) is 1.44. The highest BCUT2D eigenvalue weighted by molar-refractivity contribution is 5.51. The van der Waals surface area contributed by atoms with Crippen LogP contribution in [0.2, 0.25) is 0 Å². The third-order valence-corrected chi connectivity index (χ3v) is 2.44. The molecule has 0 aliphatic carbocycles. The highest BCUT2D eigenvalue weighted by Gasteiger charge is 2.16. The number of benzene rings is 1. The molecule has 4 nitrogen and oxygen atoms in total. The second-order valence-electron chi connectivity index (χ2n) is 3.74. The minimum atomic E-state index is 0.554. The highest BCUT2D eigenvalue weighted by atomic mass is 16.5. The monoisotopic (exact) mass is 207 g/mol. The standard InChI is InChI=1S/C11H17N3O/c12-9-1-3-10(4-2-9)13-5-6-14-11-7-15-8-11/h1-4,11,13-14H,5-8,12H2. The first-order chi connectivity index (χ1) is 7.34. The SMILES string of the molecule is Nc1ccc(NCCNC2COC2)cc1. The number of hydrogen-bond donors (Lipinski definition) is 3. The summed E-state index contributed by atoms with van der Waals surface area (Å²) in [6.07, 6.45) is 0. The van der Waals surface area contributed by atoms with Gasteiger partial charge in [0.2, 0.25) is 0 Å². The second kappa shape index (κ2) is 5.00. The molecule has 4 N–H and O–H groups in total. The van der Waals surface area contributed by atoms with E-state index in [2.05, 4.69) is 10.6 Å². The maximum Gasteiger partial charge on any atom is 0.0643 e. The van der Waals surface area contributed by atoms with Crippen molar-refractivity contribution in [3.05, 3.63) is 24.3 Å². The van der Waals surface area contributed by atoms with Gasteiger partial charge in [0.1, 0.15) is 0 Å². The Morgan fingerprint density at radius 1 is 1.20 bits per heavy atom. The number of nitrogen functional groups attached to an aromatic ring is 1. The van der Waals surface area contributed by atoms with Crippen molar-refractivity contribution >= 4 is 11.4 Å². The van der Waals surface area contributed by atoms with E-state index in [4.69, 9.17) is 10.5 Å². The largest absolute Gasteiger partial charge is 0.399 e. The highest BCUT2D eigenvalue weighted by Crippen LogP contribution is 2.09. The Kier molecular flexibility index (Phi) is 3.42. The first-order valence-corrected chi connectivity index (χ1v) is 5.25. The van der Waals surface area contributed by atoms with Gasteiger partial charge in [-0.05, 0) is 24.3 Å². The molecule has 2 rings (SSSR count). The van der Waals surface area contributed by atoms with Crippen LogP contribution in [0.1, 0.15) is 0 Å². The van der Waals surface area contributed by atoms with E-state index in [-0.39, 0.29) is 0 Å². The van der Waals surface area contributed by atoms with E-state index < -0.39 is 0 Å². The summed E-state index contributed by atoms with van der Waals surface area (Å²) in [6.45, 7) is 3.57. The smallest absolute Gasteiger partial charge is 0.0643 e. The maximum absolute atomic E-state index is 5.59. The Morgan fingerprint density at radius 2 is 1.93 bits per heavy atom. The number of anilines is 2. The summed E-state index contributed by atoms with van der Waals surface area (Å²) in [4.78, 5) is 0. The Labute approximate surface area is 89.8 Å². The summed E-state index contributed by atoms with van der Waals surface area (Å²) >= 11 is 0. The molecule has 4 heteroatoms. The van der Waals surface area contributed by atoms with Crippen molar-refractivity contribution in [2.75, 3.05) is 37.4 Å². The lowest BCUT2D eigenvalue weighted by molar-refractivity contribution is -0.00433. The van der Waals surface area contributed by atoms with E-state index in [0.717, 1.165) is 37.7 Å². The number of ether oxygens (including phenoxy) is 1. The van der Waals surface area contributed by atoms with E-state index >= 15 is 0 Å². The molecule has 1 aliphatic heterocycles. The van der Waals surface area contributed by atoms with Crippen molar-refractivity contribution in [1.82, 2.24) is 5.32 Å². The van der Waals surface area contributed by atoms with E-state index in [0.29, 0.717) is 6.04 Å². The zero-order chi connectivity index (χ0) is 10.5. The van der Waals surface area contributed by atoms with Crippen LogP contribution in [0.3, 0.4) is 0 Å². The molecule has 1 aliphatic rings. The van der Waals surface area contributed by atoms with E-state index in [1.54, 1.807) is 0 Å². The first-order valence-electron chi connectivity index (χ1n) is 5.25. The summed E-state index contributed by atoms with van der Waals surface area (Å²) in [6, 6.07) is 8.33. The molecule has 1 heterocycles. The number of hydrogen-bond acceptors (Lipinski definition) is 4. The van der Waals surface area contributed by atoms with Crippen LogP contribution in [0.5, 0.6) is 0 Å². The van der Waals surface area contributed by atoms with Gasteiger partial charge >= 0.3 is 0 Å². The minimum Gasteiger partial charge on any atom is -0.399 e. The normalized spacial score (nSPS) is 16.0. The number of nitrogens with two attached hydrogens (primary N) is 1. The van der Waals surface area contributed by atoms with Gasteiger partial charge in [-0.1, -0.05) is 0 Å². The Bertz CT molecular complexity index is 295. The van der Waals surface area contributed by atoms with Gasteiger partial charge in [0.15, 0.2) is 0 Å². The molecule has 1 aromatic carbocycles. The van der Waals surface area contributed by atoms with Gasteiger partial charge < -0.3 is 21.1 Å². The quantitative estimate of drug-likeness (QED) is 0.490. The summed E-state index contributed by atoms with van der Waals surface area (Å²) in [7, 11) is 0. The van der Waals surface area contributed by atoms with Crippen molar-refractivity contribution in [2.45, 2.75) is 6.04 Å². The lowest BCUT2D eigenvalue weighted by atomic mass is 10.2. The summed E-state index contributed by atoms with van der Waals surface area (Å²) in [5.74, 6) is 0. The maximum atomic E-state index is 5.59. The fourth-order valence-corrected chi connectivity index (χ4v) is 1.44. The molecule has 0 radical (unpaired) electrons. The average molecular weight is 207 g/mol. The topological polar surface area (TPSA) is 59.3 Å². The zero-order valence-electron chi connectivity index (χ0n) is 8.70. The molecule has 1 fully saturated rings. The predicted molar refractivity (Wildman–Crippen MR) is 62.0 cm³/mol. The van der Waals surface area contributed by atoms with Crippen LogP contribution in [0, 0.1) is 0 Å². The average Bonchev–Trinajstić information content (AvgIpc) is 2.18. The lowest BCUT2D eigenvalue weighted by Gasteiger charge is -2.27. The van der Waals surface area contributed by atoms with Crippen LogP contribution in [-0.4, -0.2) is 32.3 Å².